The number of hydrogen-bond acceptors (Lipinski definition) is 6. The van der Waals surface area contributed by atoms with Gasteiger partial charge in [0.1, 0.15) is 6.61 Å². The first-order chi connectivity index (χ1) is 11.7. The van der Waals surface area contributed by atoms with Gasteiger partial charge in [-0.2, -0.15) is 5.10 Å². The zero-order valence-electron chi connectivity index (χ0n) is 13.0. The molecule has 0 unspecified atom stereocenters. The van der Waals surface area contributed by atoms with Crippen LogP contribution in [0.1, 0.15) is 0 Å². The van der Waals surface area contributed by atoms with E-state index in [1.54, 1.807) is 29.2 Å². The molecule has 8 heteroatoms. The van der Waals surface area contributed by atoms with Crippen molar-refractivity contribution in [3.05, 3.63) is 54.9 Å². The normalized spacial score (nSPS) is 10.4. The van der Waals surface area contributed by atoms with Crippen molar-refractivity contribution in [2.24, 2.45) is 0 Å². The number of carbonyl (C=O) groups excluding carboxylic acids is 1. The molecule has 0 aliphatic heterocycles. The summed E-state index contributed by atoms with van der Waals surface area (Å²) < 4.78 is 6.40. The van der Waals surface area contributed by atoms with Crippen LogP contribution in [0.5, 0.6) is 0 Å². The van der Waals surface area contributed by atoms with Crippen LogP contribution in [0.2, 0.25) is 0 Å². The first-order valence-electron chi connectivity index (χ1n) is 7.24. The molecule has 8 nitrogen and oxygen atoms in total. The summed E-state index contributed by atoms with van der Waals surface area (Å²) in [6.45, 7) is 0.0260. The Balaban J connectivity index is 1.62. The number of anilines is 3. The molecule has 3 aromatic rings. The van der Waals surface area contributed by atoms with Gasteiger partial charge in [0.25, 0.3) is 0 Å². The SMILES string of the molecule is COCC(=O)Nc1ccc(Nc2ccc(-n3cccn3)nn2)cc1. The summed E-state index contributed by atoms with van der Waals surface area (Å²) >= 11 is 0. The zero-order chi connectivity index (χ0) is 16.8. The third-order valence-corrected chi connectivity index (χ3v) is 3.11. The third kappa shape index (κ3) is 3.93. The van der Waals surface area contributed by atoms with E-state index in [1.807, 2.05) is 30.3 Å². The van der Waals surface area contributed by atoms with E-state index in [0.717, 1.165) is 5.69 Å². The molecule has 122 valence electrons. The van der Waals surface area contributed by atoms with Gasteiger partial charge in [0, 0.05) is 30.9 Å². The van der Waals surface area contributed by atoms with E-state index in [1.165, 1.54) is 7.11 Å². The molecule has 0 spiro atoms. The summed E-state index contributed by atoms with van der Waals surface area (Å²) in [5.74, 6) is 1.06. The van der Waals surface area contributed by atoms with Gasteiger partial charge in [-0.25, -0.2) is 4.68 Å². The summed E-state index contributed by atoms with van der Waals surface area (Å²) in [4.78, 5) is 11.4. The molecule has 24 heavy (non-hydrogen) atoms. The lowest BCUT2D eigenvalue weighted by atomic mass is 10.2. The van der Waals surface area contributed by atoms with Crippen LogP contribution >= 0.6 is 0 Å². The minimum absolute atomic E-state index is 0.0260. The minimum atomic E-state index is -0.196. The van der Waals surface area contributed by atoms with E-state index in [4.69, 9.17) is 4.74 Å². The maximum Gasteiger partial charge on any atom is 0.250 e. The number of benzene rings is 1. The first kappa shape index (κ1) is 15.6. The van der Waals surface area contributed by atoms with Gasteiger partial charge in [-0.05, 0) is 42.5 Å². The molecule has 0 aliphatic carbocycles. The second-order valence-electron chi connectivity index (χ2n) is 4.91. The highest BCUT2D eigenvalue weighted by Crippen LogP contribution is 2.17. The van der Waals surface area contributed by atoms with Gasteiger partial charge < -0.3 is 15.4 Å². The van der Waals surface area contributed by atoms with Crippen LogP contribution in [0.25, 0.3) is 5.82 Å². The molecule has 1 aromatic carbocycles. The van der Waals surface area contributed by atoms with E-state index in [2.05, 4.69) is 25.9 Å². The van der Waals surface area contributed by atoms with Crippen molar-refractivity contribution in [1.29, 1.82) is 0 Å². The third-order valence-electron chi connectivity index (χ3n) is 3.11. The number of rotatable bonds is 6. The average molecular weight is 324 g/mol. The van der Waals surface area contributed by atoms with Crippen molar-refractivity contribution in [2.45, 2.75) is 0 Å². The Morgan fingerprint density at radius 1 is 1.12 bits per heavy atom. The van der Waals surface area contributed by atoms with E-state index >= 15 is 0 Å². The van der Waals surface area contributed by atoms with Crippen LogP contribution in [0, 0.1) is 0 Å². The van der Waals surface area contributed by atoms with Gasteiger partial charge in [0.05, 0.1) is 0 Å². The summed E-state index contributed by atoms with van der Waals surface area (Å²) in [5, 5.41) is 18.2. The molecule has 0 saturated carbocycles. The van der Waals surface area contributed by atoms with Crippen LogP contribution in [-0.2, 0) is 9.53 Å². The van der Waals surface area contributed by atoms with Crippen LogP contribution in [0.3, 0.4) is 0 Å². The molecule has 3 rings (SSSR count). The molecule has 2 N–H and O–H groups in total. The molecule has 0 atom stereocenters. The molecule has 0 bridgehead atoms. The highest BCUT2D eigenvalue weighted by Gasteiger charge is 2.03. The molecular formula is C16H16N6O2. The molecule has 1 amide bonds. The maximum absolute atomic E-state index is 11.4. The van der Waals surface area contributed by atoms with Gasteiger partial charge in [0.15, 0.2) is 11.6 Å². The molecule has 0 radical (unpaired) electrons. The molecule has 2 heterocycles. The van der Waals surface area contributed by atoms with Gasteiger partial charge in [0.2, 0.25) is 5.91 Å². The van der Waals surface area contributed by atoms with Gasteiger partial charge in [-0.1, -0.05) is 0 Å². The van der Waals surface area contributed by atoms with Crippen molar-refractivity contribution < 1.29 is 9.53 Å². The van der Waals surface area contributed by atoms with Crippen molar-refractivity contribution >= 4 is 23.1 Å². The van der Waals surface area contributed by atoms with Crippen LogP contribution in [0.4, 0.5) is 17.2 Å². The van der Waals surface area contributed by atoms with E-state index < -0.39 is 0 Å². The largest absolute Gasteiger partial charge is 0.375 e. The molecule has 0 fully saturated rings. The number of carbonyl (C=O) groups is 1. The number of ether oxygens (including phenoxy) is 1. The first-order valence-corrected chi connectivity index (χ1v) is 7.24. The van der Waals surface area contributed by atoms with Crippen molar-refractivity contribution in [3.8, 4) is 5.82 Å². The fraction of sp³-hybridized carbons (Fsp3) is 0.125. The lowest BCUT2D eigenvalue weighted by molar-refractivity contribution is -0.119. The van der Waals surface area contributed by atoms with Gasteiger partial charge >= 0.3 is 0 Å². The highest BCUT2D eigenvalue weighted by molar-refractivity contribution is 5.91. The quantitative estimate of drug-likeness (QED) is 0.720. The maximum atomic E-state index is 11.4. The average Bonchev–Trinajstić information content (AvgIpc) is 3.12. The Morgan fingerprint density at radius 2 is 1.92 bits per heavy atom. The Labute approximate surface area is 138 Å². The van der Waals surface area contributed by atoms with Crippen LogP contribution in [-0.4, -0.2) is 39.6 Å². The summed E-state index contributed by atoms with van der Waals surface area (Å²) in [6, 6.07) is 12.7. The zero-order valence-corrected chi connectivity index (χ0v) is 13.0. The summed E-state index contributed by atoms with van der Waals surface area (Å²) in [7, 11) is 1.48. The Hall–Kier alpha value is -3.26. The second kappa shape index (κ2) is 7.34. The number of aromatic nitrogens is 4. The highest BCUT2D eigenvalue weighted by atomic mass is 16.5. The fourth-order valence-electron chi connectivity index (χ4n) is 2.03. The number of amides is 1. The van der Waals surface area contributed by atoms with Crippen molar-refractivity contribution in [1.82, 2.24) is 20.0 Å². The van der Waals surface area contributed by atoms with Crippen LogP contribution in [0.15, 0.2) is 54.9 Å². The molecule has 2 aromatic heterocycles. The number of methoxy groups -OCH3 is 1. The monoisotopic (exact) mass is 324 g/mol. The standard InChI is InChI=1S/C16H16N6O2/c1-24-11-16(23)19-13-5-3-12(4-6-13)18-14-7-8-15(21-20-14)22-10-2-9-17-22/h2-10H,11H2,1H3,(H,18,20)(H,19,23). The summed E-state index contributed by atoms with van der Waals surface area (Å²) in [6.07, 6.45) is 3.48. The minimum Gasteiger partial charge on any atom is -0.375 e. The van der Waals surface area contributed by atoms with E-state index in [0.29, 0.717) is 17.3 Å². The smallest absolute Gasteiger partial charge is 0.250 e. The fourth-order valence-corrected chi connectivity index (χ4v) is 2.03. The lowest BCUT2D eigenvalue weighted by Gasteiger charge is -2.08. The lowest BCUT2D eigenvalue weighted by Crippen LogP contribution is -2.16. The molecule has 0 aliphatic rings. The second-order valence-corrected chi connectivity index (χ2v) is 4.91. The Bertz CT molecular complexity index is 784. The van der Waals surface area contributed by atoms with Crippen molar-refractivity contribution in [3.63, 3.8) is 0 Å². The van der Waals surface area contributed by atoms with Gasteiger partial charge in [-0.15, -0.1) is 10.2 Å². The number of hydrogen-bond donors (Lipinski definition) is 2. The predicted molar refractivity (Wildman–Crippen MR) is 89.4 cm³/mol. The Morgan fingerprint density at radius 3 is 2.54 bits per heavy atom. The Kier molecular flexibility index (Phi) is 4.78. The van der Waals surface area contributed by atoms with Gasteiger partial charge in [-0.3, -0.25) is 4.79 Å². The summed E-state index contributed by atoms with van der Waals surface area (Å²) in [5.41, 5.74) is 1.53. The predicted octanol–water partition coefficient (Wildman–Crippen LogP) is 1.99. The number of nitrogens with one attached hydrogen (secondary N) is 2. The van der Waals surface area contributed by atoms with E-state index in [-0.39, 0.29) is 12.5 Å². The topological polar surface area (TPSA) is 94.0 Å². The molecule has 0 saturated heterocycles. The molecular weight excluding hydrogens is 308 g/mol. The number of nitrogens with zero attached hydrogens (tertiary/aromatic N) is 4. The van der Waals surface area contributed by atoms with Crippen LogP contribution < -0.4 is 10.6 Å². The van der Waals surface area contributed by atoms with Crippen molar-refractivity contribution in [2.75, 3.05) is 24.4 Å². The van der Waals surface area contributed by atoms with E-state index in [9.17, 15) is 4.79 Å².